The molecule has 0 aliphatic carbocycles. The fourth-order valence-corrected chi connectivity index (χ4v) is 0. The third-order valence-electron chi connectivity index (χ3n) is 0. The van der Waals surface area contributed by atoms with Crippen molar-refractivity contribution in [3.8, 4) is 0 Å². The molecule has 0 rings (SSSR count). The van der Waals surface area contributed by atoms with Gasteiger partial charge in [0.25, 0.3) is 0 Å². The summed E-state index contributed by atoms with van der Waals surface area (Å²) in [5, 5.41) is 0. The van der Waals surface area contributed by atoms with Gasteiger partial charge < -0.3 is 5.73 Å². The standard InChI is InChI=1S/CH3NO.ClH.HI.Pb/c2-1-3;;;/h1H,(H2,2,3);2*1H;/q;;;+2/p-2. The Kier molecular flexibility index (Phi) is 28.0. The number of carbonyl (C=O) groups is 1. The van der Waals surface area contributed by atoms with E-state index < -0.39 is 18.7 Å². The van der Waals surface area contributed by atoms with E-state index in [-0.39, 0.29) is 6.41 Å². The van der Waals surface area contributed by atoms with Crippen molar-refractivity contribution < 1.29 is 4.79 Å². The molecule has 0 atom stereocenters. The molecule has 36 valence electrons. The normalized spacial score (nSPS) is 5.00. The monoisotopic (exact) mass is 415 g/mol. The third-order valence-corrected chi connectivity index (χ3v) is 0. The van der Waals surface area contributed by atoms with Crippen molar-refractivity contribution in [2.45, 2.75) is 0 Å². The van der Waals surface area contributed by atoms with Crippen molar-refractivity contribution in [3.63, 3.8) is 0 Å². The molecule has 0 aromatic rings. The number of hydrogen-bond acceptors (Lipinski definition) is 1. The van der Waals surface area contributed by atoms with Crippen molar-refractivity contribution in [3.05, 3.63) is 0 Å². The van der Waals surface area contributed by atoms with Crippen LogP contribution in [0.5, 0.6) is 0 Å². The molecule has 0 aromatic heterocycles. The quantitative estimate of drug-likeness (QED) is 0.346. The molecular formula is CH3ClINOPb. The second-order valence-corrected chi connectivity index (χ2v) is 12.7. The minimum absolute atomic E-state index is 0.250. The second-order valence-electron chi connectivity index (χ2n) is 0.208. The zero-order valence-electron chi connectivity index (χ0n) is 2.82. The Balaban J connectivity index is 0. The summed E-state index contributed by atoms with van der Waals surface area (Å²) in [6, 6.07) is 0. The Bertz CT molecular complexity index is 29.5. The maximum absolute atomic E-state index is 8.58. The topological polar surface area (TPSA) is 43.1 Å². The molecule has 0 spiro atoms. The summed E-state index contributed by atoms with van der Waals surface area (Å²) < 4.78 is 0. The van der Waals surface area contributed by atoms with Crippen LogP contribution in [0.25, 0.3) is 0 Å². The van der Waals surface area contributed by atoms with E-state index in [1.54, 1.807) is 0 Å². The summed E-state index contributed by atoms with van der Waals surface area (Å²) in [7, 11) is 5.18. The van der Waals surface area contributed by atoms with Gasteiger partial charge in [0, 0.05) is 0 Å². The van der Waals surface area contributed by atoms with E-state index in [0.717, 1.165) is 0 Å². The molecule has 2 N–H and O–H groups in total. The van der Waals surface area contributed by atoms with E-state index in [1.807, 2.05) is 0 Å². The zero-order valence-corrected chi connectivity index (χ0v) is 9.62. The van der Waals surface area contributed by atoms with Crippen molar-refractivity contribution in [1.82, 2.24) is 0 Å². The summed E-state index contributed by atoms with van der Waals surface area (Å²) in [6.45, 7) is 0. The number of nitrogens with two attached hydrogens (primary N) is 1. The summed E-state index contributed by atoms with van der Waals surface area (Å²) in [6.07, 6.45) is 0.250. The van der Waals surface area contributed by atoms with Gasteiger partial charge >= 0.3 is 44.8 Å². The van der Waals surface area contributed by atoms with Crippen LogP contribution in [0.15, 0.2) is 0 Å². The summed E-state index contributed by atoms with van der Waals surface area (Å²) >= 11 is 1.77. The van der Waals surface area contributed by atoms with Gasteiger partial charge in [0.15, 0.2) is 0 Å². The van der Waals surface area contributed by atoms with Crippen LogP contribution >= 0.6 is 26.1 Å². The molecule has 1 amide bonds. The van der Waals surface area contributed by atoms with Gasteiger partial charge in [-0.1, -0.05) is 0 Å². The number of halogens is 2. The van der Waals surface area contributed by atoms with E-state index >= 15 is 0 Å². The SMILES string of the molecule is NC=O.[Cl][Pb][I]. The van der Waals surface area contributed by atoms with Gasteiger partial charge in [0.1, 0.15) is 0 Å². The van der Waals surface area contributed by atoms with Crippen LogP contribution in [-0.4, -0.2) is 25.1 Å². The molecular weight excluding hydrogens is 412 g/mol. The van der Waals surface area contributed by atoms with Gasteiger partial charge in [-0.2, -0.15) is 0 Å². The molecule has 0 fully saturated rings. The van der Waals surface area contributed by atoms with Gasteiger partial charge in [-0.05, 0) is 0 Å². The van der Waals surface area contributed by atoms with Crippen LogP contribution in [0.4, 0.5) is 0 Å². The van der Waals surface area contributed by atoms with Crippen LogP contribution < -0.4 is 5.73 Å². The van der Waals surface area contributed by atoms with Gasteiger partial charge in [0.05, 0.1) is 0 Å². The molecule has 0 unspecified atom stereocenters. The molecule has 0 aromatic carbocycles. The van der Waals surface area contributed by atoms with E-state index in [2.05, 4.69) is 23.5 Å². The molecule has 0 aliphatic rings. The van der Waals surface area contributed by atoms with Crippen molar-refractivity contribution >= 4 is 51.2 Å². The first-order chi connectivity index (χ1) is 2.83. The Hall–Kier alpha value is 1.41. The van der Waals surface area contributed by atoms with Crippen LogP contribution in [0, 0.1) is 0 Å². The first kappa shape index (κ1) is 10.4. The molecule has 0 heterocycles. The summed E-state index contributed by atoms with van der Waals surface area (Å²) in [5.41, 5.74) is 4.17. The van der Waals surface area contributed by atoms with Gasteiger partial charge in [-0.25, -0.2) is 0 Å². The zero-order chi connectivity index (χ0) is 5.41. The van der Waals surface area contributed by atoms with Crippen LogP contribution in [0.2, 0.25) is 0 Å². The van der Waals surface area contributed by atoms with Crippen molar-refractivity contribution in [1.29, 1.82) is 0 Å². The van der Waals surface area contributed by atoms with Crippen LogP contribution in [0.1, 0.15) is 0 Å². The molecule has 0 bridgehead atoms. The maximum atomic E-state index is 8.58. The van der Waals surface area contributed by atoms with E-state index in [4.69, 9.17) is 13.1 Å². The van der Waals surface area contributed by atoms with Gasteiger partial charge in [0.2, 0.25) is 6.41 Å². The molecule has 6 heavy (non-hydrogen) atoms. The average Bonchev–Trinajstić information content (AvgIpc) is 1.39. The molecule has 2 radical (unpaired) electrons. The van der Waals surface area contributed by atoms with E-state index in [1.165, 1.54) is 0 Å². The predicted molar refractivity (Wildman–Crippen MR) is 35.9 cm³/mol. The minimum atomic E-state index is -0.474. The average molecular weight is 415 g/mol. The van der Waals surface area contributed by atoms with E-state index in [9.17, 15) is 0 Å². The molecule has 5 heteroatoms. The summed E-state index contributed by atoms with van der Waals surface area (Å²) in [5.74, 6) is 0. The van der Waals surface area contributed by atoms with Crippen LogP contribution in [-0.2, 0) is 4.79 Å². The van der Waals surface area contributed by atoms with Crippen molar-refractivity contribution in [2.75, 3.05) is 0 Å². The molecule has 0 saturated carbocycles. The van der Waals surface area contributed by atoms with Crippen molar-refractivity contribution in [2.24, 2.45) is 5.73 Å². The molecule has 2 nitrogen and oxygen atoms in total. The number of carbonyl (C=O) groups excluding carboxylic acids is 1. The number of primary amides is 1. The fourth-order valence-electron chi connectivity index (χ4n) is 0. The van der Waals surface area contributed by atoms with Crippen LogP contribution in [0.3, 0.4) is 0 Å². The third kappa shape index (κ3) is 52.8. The Morgan fingerprint density at radius 2 is 2.00 bits per heavy atom. The van der Waals surface area contributed by atoms with Gasteiger partial charge in [-0.3, -0.25) is 4.79 Å². The van der Waals surface area contributed by atoms with Gasteiger partial charge in [-0.15, -0.1) is 0 Å². The Labute approximate surface area is 60.9 Å². The van der Waals surface area contributed by atoms with E-state index in [0.29, 0.717) is 0 Å². The Morgan fingerprint density at radius 3 is 2.00 bits per heavy atom. The number of hydrogen-bond donors (Lipinski definition) is 1. The number of rotatable bonds is 0. The number of amides is 1. The second kappa shape index (κ2) is 16.1. The first-order valence-electron chi connectivity index (χ1n) is 0.947. The fraction of sp³-hybridized carbons (Fsp3) is 0. The Morgan fingerprint density at radius 1 is 2.00 bits per heavy atom. The first-order valence-corrected chi connectivity index (χ1v) is 16.7. The molecule has 0 saturated heterocycles. The molecule has 0 aliphatic heterocycles. The summed E-state index contributed by atoms with van der Waals surface area (Å²) in [4.78, 5) is 8.58. The predicted octanol–water partition coefficient (Wildman–Crippen LogP) is 0.296.